The van der Waals surface area contributed by atoms with Crippen LogP contribution >= 0.6 is 11.6 Å². The molecule has 0 aliphatic carbocycles. The van der Waals surface area contributed by atoms with E-state index in [-0.39, 0.29) is 24.8 Å². The molecular weight excluding hydrogens is 362 g/mol. The van der Waals surface area contributed by atoms with Gasteiger partial charge in [-0.15, -0.1) is 0 Å². The summed E-state index contributed by atoms with van der Waals surface area (Å²) in [6, 6.07) is 6.23. The smallest absolute Gasteiger partial charge is 0.410 e. The summed E-state index contributed by atoms with van der Waals surface area (Å²) in [5, 5.41) is 20.9. The largest absolute Gasteiger partial charge is 0.465 e. The maximum atomic E-state index is 12.6. The second-order valence-corrected chi connectivity index (χ2v) is 7.29. The maximum absolute atomic E-state index is 12.6. The molecular formula is C17H22ClN3O5. The van der Waals surface area contributed by atoms with Gasteiger partial charge in [-0.3, -0.25) is 4.90 Å². The first-order chi connectivity index (χ1) is 12.1. The molecule has 0 spiro atoms. The minimum atomic E-state index is -1.04. The lowest BCUT2D eigenvalue weighted by Gasteiger charge is -2.40. The van der Waals surface area contributed by atoms with Gasteiger partial charge in [0.2, 0.25) is 0 Å². The lowest BCUT2D eigenvalue weighted by molar-refractivity contribution is -0.000592. The van der Waals surface area contributed by atoms with E-state index >= 15 is 0 Å². The molecule has 1 unspecified atom stereocenters. The van der Waals surface area contributed by atoms with Crippen molar-refractivity contribution in [3.8, 4) is 0 Å². The van der Waals surface area contributed by atoms with Crippen molar-refractivity contribution < 1.29 is 24.6 Å². The Balaban J connectivity index is 2.30. The van der Waals surface area contributed by atoms with Gasteiger partial charge >= 0.3 is 12.2 Å². The minimum Gasteiger partial charge on any atom is -0.465 e. The van der Waals surface area contributed by atoms with Crippen LogP contribution in [0.2, 0.25) is 0 Å². The lowest BCUT2D eigenvalue weighted by Crippen LogP contribution is -2.53. The van der Waals surface area contributed by atoms with Crippen LogP contribution < -0.4 is 0 Å². The fourth-order valence-electron chi connectivity index (χ4n) is 2.68. The highest BCUT2D eigenvalue weighted by Gasteiger charge is 2.35. The summed E-state index contributed by atoms with van der Waals surface area (Å²) in [6.45, 7) is 5.91. The second-order valence-electron chi connectivity index (χ2n) is 6.93. The van der Waals surface area contributed by atoms with E-state index in [4.69, 9.17) is 21.5 Å². The van der Waals surface area contributed by atoms with Crippen LogP contribution in [0.5, 0.6) is 0 Å². The standard InChI is InChI=1S/C17H22ClN3O5/c1-17(2,3)26-16(24)21-9-8-20(15(22)23)10-13(21)11-4-6-12(7-5-11)14(18)19-25/h4-7,13,25H,8-10H2,1-3H3,(H,22,23)/b19-14-. The number of carbonyl (C=O) groups excluding carboxylic acids is 1. The first-order valence-electron chi connectivity index (χ1n) is 8.08. The van der Waals surface area contributed by atoms with Gasteiger partial charge < -0.3 is 20.0 Å². The number of nitrogens with zero attached hydrogens (tertiary/aromatic N) is 3. The fraction of sp³-hybridized carbons (Fsp3) is 0.471. The topological polar surface area (TPSA) is 103 Å². The Morgan fingerprint density at radius 1 is 1.23 bits per heavy atom. The molecule has 1 aliphatic rings. The molecule has 0 bridgehead atoms. The van der Waals surface area contributed by atoms with Crippen molar-refractivity contribution in [3.05, 3.63) is 35.4 Å². The molecule has 1 fully saturated rings. The van der Waals surface area contributed by atoms with Gasteiger partial charge in [0, 0.05) is 25.2 Å². The molecule has 2 N–H and O–H groups in total. The van der Waals surface area contributed by atoms with E-state index in [0.717, 1.165) is 5.56 Å². The summed E-state index contributed by atoms with van der Waals surface area (Å²) in [5.41, 5.74) is 0.584. The van der Waals surface area contributed by atoms with Crippen LogP contribution in [0.25, 0.3) is 0 Å². The zero-order valence-electron chi connectivity index (χ0n) is 14.8. The number of rotatable bonds is 2. The maximum Gasteiger partial charge on any atom is 0.410 e. The van der Waals surface area contributed by atoms with Crippen molar-refractivity contribution in [3.63, 3.8) is 0 Å². The molecule has 0 saturated carbocycles. The molecule has 142 valence electrons. The Morgan fingerprint density at radius 3 is 2.35 bits per heavy atom. The highest BCUT2D eigenvalue weighted by Crippen LogP contribution is 2.28. The number of hydrogen-bond donors (Lipinski definition) is 2. The van der Waals surface area contributed by atoms with E-state index in [0.29, 0.717) is 5.56 Å². The van der Waals surface area contributed by atoms with E-state index in [1.54, 1.807) is 45.0 Å². The number of hydrogen-bond acceptors (Lipinski definition) is 5. The molecule has 1 heterocycles. The summed E-state index contributed by atoms with van der Waals surface area (Å²) in [5.74, 6) is 0. The number of carboxylic acid groups (broad SMARTS) is 1. The fourth-order valence-corrected chi connectivity index (χ4v) is 2.81. The zero-order valence-corrected chi connectivity index (χ0v) is 15.6. The summed E-state index contributed by atoms with van der Waals surface area (Å²) >= 11 is 5.77. The molecule has 0 aromatic heterocycles. The minimum absolute atomic E-state index is 0.0589. The van der Waals surface area contributed by atoms with E-state index in [1.165, 1.54) is 9.80 Å². The Kier molecular flexibility index (Phi) is 5.97. The normalized spacial score (nSPS) is 18.6. The summed E-state index contributed by atoms with van der Waals surface area (Å²) in [6.07, 6.45) is -1.53. The average molecular weight is 384 g/mol. The lowest BCUT2D eigenvalue weighted by atomic mass is 10.0. The van der Waals surface area contributed by atoms with E-state index < -0.39 is 23.8 Å². The van der Waals surface area contributed by atoms with Gasteiger partial charge in [0.1, 0.15) is 5.60 Å². The first kappa shape index (κ1) is 19.8. The summed E-state index contributed by atoms with van der Waals surface area (Å²) < 4.78 is 5.45. The van der Waals surface area contributed by atoms with Gasteiger partial charge in [0.05, 0.1) is 6.04 Å². The molecule has 2 amide bonds. The van der Waals surface area contributed by atoms with Crippen molar-refractivity contribution in [2.24, 2.45) is 5.16 Å². The molecule has 1 saturated heterocycles. The quantitative estimate of drug-likeness (QED) is 0.463. The molecule has 1 aromatic carbocycles. The van der Waals surface area contributed by atoms with Crippen molar-refractivity contribution in [2.45, 2.75) is 32.4 Å². The van der Waals surface area contributed by atoms with Crippen LogP contribution in [-0.2, 0) is 4.74 Å². The molecule has 26 heavy (non-hydrogen) atoms. The van der Waals surface area contributed by atoms with Gasteiger partial charge in [0.15, 0.2) is 5.17 Å². The number of halogens is 1. The predicted molar refractivity (Wildman–Crippen MR) is 95.9 cm³/mol. The highest BCUT2D eigenvalue weighted by atomic mass is 35.5. The van der Waals surface area contributed by atoms with Gasteiger partial charge in [-0.05, 0) is 26.3 Å². The van der Waals surface area contributed by atoms with Crippen LogP contribution in [0.3, 0.4) is 0 Å². The van der Waals surface area contributed by atoms with Crippen LogP contribution in [0.15, 0.2) is 29.4 Å². The van der Waals surface area contributed by atoms with Crippen molar-refractivity contribution in [1.29, 1.82) is 0 Å². The van der Waals surface area contributed by atoms with Crippen LogP contribution in [-0.4, -0.2) is 62.7 Å². The van der Waals surface area contributed by atoms with Gasteiger partial charge in [-0.1, -0.05) is 41.0 Å². The third-order valence-electron chi connectivity index (χ3n) is 3.90. The Labute approximate surface area is 156 Å². The number of ether oxygens (including phenoxy) is 1. The van der Waals surface area contributed by atoms with Crippen molar-refractivity contribution in [2.75, 3.05) is 19.6 Å². The molecule has 0 radical (unpaired) electrons. The van der Waals surface area contributed by atoms with E-state index in [1.807, 2.05) is 0 Å². The predicted octanol–water partition coefficient (Wildman–Crippen LogP) is 3.33. The number of piperazine rings is 1. The van der Waals surface area contributed by atoms with Gasteiger partial charge in [-0.2, -0.15) is 0 Å². The molecule has 1 aliphatic heterocycles. The van der Waals surface area contributed by atoms with Crippen molar-refractivity contribution in [1.82, 2.24) is 9.80 Å². The van der Waals surface area contributed by atoms with Crippen molar-refractivity contribution >= 4 is 29.0 Å². The average Bonchev–Trinajstić information content (AvgIpc) is 2.59. The second kappa shape index (κ2) is 7.82. The number of amides is 2. The molecule has 2 rings (SSSR count). The highest BCUT2D eigenvalue weighted by molar-refractivity contribution is 6.69. The SMILES string of the molecule is CC(C)(C)OC(=O)N1CCN(C(=O)O)CC1c1ccc(/C(Cl)=N/O)cc1. The third-order valence-corrected chi connectivity index (χ3v) is 4.19. The first-order valence-corrected chi connectivity index (χ1v) is 8.45. The van der Waals surface area contributed by atoms with Gasteiger partial charge in [-0.25, -0.2) is 9.59 Å². The summed E-state index contributed by atoms with van der Waals surface area (Å²) in [4.78, 5) is 26.7. The summed E-state index contributed by atoms with van der Waals surface area (Å²) in [7, 11) is 0. The monoisotopic (exact) mass is 383 g/mol. The number of carbonyl (C=O) groups is 2. The zero-order chi connectivity index (χ0) is 19.5. The Morgan fingerprint density at radius 2 is 1.85 bits per heavy atom. The van der Waals surface area contributed by atoms with Crippen LogP contribution in [0.1, 0.15) is 37.9 Å². The van der Waals surface area contributed by atoms with E-state index in [2.05, 4.69) is 5.16 Å². The molecule has 8 nitrogen and oxygen atoms in total. The van der Waals surface area contributed by atoms with Gasteiger partial charge in [0.25, 0.3) is 0 Å². The van der Waals surface area contributed by atoms with E-state index in [9.17, 15) is 14.7 Å². The third kappa shape index (κ3) is 4.78. The number of oxime groups is 1. The molecule has 1 atom stereocenters. The van der Waals surface area contributed by atoms with Crippen LogP contribution in [0.4, 0.5) is 9.59 Å². The Hall–Kier alpha value is -2.48. The molecule has 1 aromatic rings. The number of benzene rings is 1. The van der Waals surface area contributed by atoms with Crippen LogP contribution in [0, 0.1) is 0 Å². The Bertz CT molecular complexity index is 699. The molecule has 9 heteroatoms.